The number of aromatic nitrogens is 3. The molecule has 0 aliphatic carbocycles. The molecule has 0 unspecified atom stereocenters. The van der Waals surface area contributed by atoms with Gasteiger partial charge in [0.1, 0.15) is 34.1 Å². The molecule has 3 aliphatic heterocycles. The average molecular weight is 1500 g/mol. The minimum atomic E-state index is 0.676. The summed E-state index contributed by atoms with van der Waals surface area (Å²) in [6, 6.07) is 99.2. The molecule has 0 fully saturated rings. The minimum absolute atomic E-state index is 0.676. The number of fused-ring (bicyclic) bond motifs is 21. The van der Waals surface area contributed by atoms with Gasteiger partial charge in [0.05, 0.1) is 92.4 Å². The highest BCUT2D eigenvalue weighted by atomic mass is 15.4. The van der Waals surface area contributed by atoms with Crippen LogP contribution in [0.5, 0.6) is 0 Å². The third-order valence-corrected chi connectivity index (χ3v) is 26.1. The van der Waals surface area contributed by atoms with E-state index in [1.807, 2.05) is 0 Å². The molecule has 3 aromatic heterocycles. The van der Waals surface area contributed by atoms with Crippen molar-refractivity contribution in [2.75, 3.05) is 57.0 Å². The van der Waals surface area contributed by atoms with E-state index >= 15 is 0 Å². The molecule has 0 radical (unpaired) electrons. The summed E-state index contributed by atoms with van der Waals surface area (Å²) in [4.78, 5) is 7.63. The maximum absolute atomic E-state index is 2.84. The highest BCUT2D eigenvalue weighted by Gasteiger charge is 2.41. The second-order valence-electron chi connectivity index (χ2n) is 34.4. The van der Waals surface area contributed by atoms with Crippen LogP contribution < -0.4 is 28.1 Å². The first-order valence-corrected chi connectivity index (χ1v) is 42.3. The Bertz CT molecular complexity index is 5810. The van der Waals surface area contributed by atoms with Crippen molar-refractivity contribution >= 4 is 151 Å². The first-order chi connectivity index (χ1) is 55.5. The monoisotopic (exact) mass is 1490 g/mol. The highest BCUT2D eigenvalue weighted by Crippen LogP contribution is 2.58. The molecule has 19 rings (SSSR count). The first kappa shape index (κ1) is 72.8. The zero-order chi connectivity index (χ0) is 78.1. The van der Waals surface area contributed by atoms with E-state index in [0.717, 1.165) is 129 Å². The Hall–Kier alpha value is -11.5. The molecule has 0 amide bonds. The second kappa shape index (κ2) is 28.6. The number of aryl methyl sites for hydroxylation is 6. The fourth-order valence-corrected chi connectivity index (χ4v) is 20.1. The summed E-state index contributed by atoms with van der Waals surface area (Å²) in [6.07, 6.45) is 13.7. The summed E-state index contributed by atoms with van der Waals surface area (Å²) in [6.45, 7) is 16.3. The fraction of sp³-hybridized carbons (Fsp3) is 0.257. The minimum Gasteiger partial charge on any atom is -0.340 e. The summed E-state index contributed by atoms with van der Waals surface area (Å²) >= 11 is 0. The van der Waals surface area contributed by atoms with E-state index in [0.29, 0.717) is 13.4 Å². The molecule has 0 atom stereocenters. The molecule has 16 aromatic rings. The van der Waals surface area contributed by atoms with Crippen molar-refractivity contribution < 1.29 is 0 Å². The zero-order valence-corrected chi connectivity index (χ0v) is 68.9. The van der Waals surface area contributed by atoms with Crippen molar-refractivity contribution in [2.24, 2.45) is 0 Å². The van der Waals surface area contributed by atoms with Crippen LogP contribution in [-0.4, -0.2) is 56.0 Å². The molecule has 0 bridgehead atoms. The van der Waals surface area contributed by atoms with E-state index in [1.165, 1.54) is 169 Å². The molecule has 13 aromatic carbocycles. The van der Waals surface area contributed by atoms with E-state index in [-0.39, 0.29) is 0 Å². The molecule has 3 aliphatic rings. The van der Waals surface area contributed by atoms with Gasteiger partial charge < -0.3 is 28.4 Å². The highest BCUT2D eigenvalue weighted by molar-refractivity contribution is 6.40. The lowest BCUT2D eigenvalue weighted by Crippen LogP contribution is -2.32. The van der Waals surface area contributed by atoms with Gasteiger partial charge in [0, 0.05) is 156 Å². The van der Waals surface area contributed by atoms with Gasteiger partial charge in [0.25, 0.3) is 0 Å². The first-order valence-electron chi connectivity index (χ1n) is 42.3. The number of anilines is 9. The number of para-hydroxylation sites is 3. The SMILES string of the molecule is CCCCCCn1c2cc(N(c3ccc(C)cc3)c3ccc4c(c3)[N+](C)(C)c3ccccc3-4)ccc2c2c1c1c3ccc(N(c4ccc(C)cc4)c4ccc5c(c4)[N+](C)(C)c4ccccc4-5)cc3n(CCCCCC)c1c1c3ccc(N(c4ccc(C)cc4)c4ccc5c(c4)[N+](C)(C)c4ccccc4-5)cc3n(CCCCCC)c21. The number of hydrogen-bond donors (Lipinski definition) is 0. The lowest BCUT2D eigenvalue weighted by Gasteiger charge is -2.29. The molecule has 0 saturated heterocycles. The third-order valence-electron chi connectivity index (χ3n) is 26.1. The molecule has 9 heteroatoms. The number of nitrogens with zero attached hydrogens (tertiary/aromatic N) is 9. The van der Waals surface area contributed by atoms with Crippen molar-refractivity contribution in [1.29, 1.82) is 0 Å². The molecular formula is C105H108N9+3. The Morgan fingerprint density at radius 2 is 0.474 bits per heavy atom. The van der Waals surface area contributed by atoms with Gasteiger partial charge in [0.15, 0.2) is 0 Å². The van der Waals surface area contributed by atoms with Crippen LogP contribution in [0.1, 0.15) is 115 Å². The van der Waals surface area contributed by atoms with Crippen molar-refractivity contribution in [2.45, 2.75) is 138 Å². The quantitative estimate of drug-likeness (QED) is 0.0445. The van der Waals surface area contributed by atoms with E-state index < -0.39 is 0 Å². The third kappa shape index (κ3) is 11.7. The Morgan fingerprint density at radius 3 is 0.746 bits per heavy atom. The van der Waals surface area contributed by atoms with E-state index in [9.17, 15) is 0 Å². The van der Waals surface area contributed by atoms with Gasteiger partial charge in [-0.25, -0.2) is 0 Å². The van der Waals surface area contributed by atoms with Crippen LogP contribution in [0.4, 0.5) is 85.3 Å². The molecular weight excluding hydrogens is 1390 g/mol. The average Bonchev–Trinajstić information content (AvgIpc) is 1.51. The van der Waals surface area contributed by atoms with Gasteiger partial charge in [-0.3, -0.25) is 13.4 Å². The van der Waals surface area contributed by atoms with Crippen LogP contribution >= 0.6 is 0 Å². The Kier molecular flexibility index (Phi) is 18.2. The molecule has 0 saturated carbocycles. The fourth-order valence-electron chi connectivity index (χ4n) is 20.1. The maximum atomic E-state index is 2.84. The Labute approximate surface area is 673 Å². The predicted octanol–water partition coefficient (Wildman–Crippen LogP) is 29.7. The van der Waals surface area contributed by atoms with Gasteiger partial charge >= 0.3 is 0 Å². The van der Waals surface area contributed by atoms with Gasteiger partial charge in [-0.05, 0) is 167 Å². The predicted molar refractivity (Wildman–Crippen MR) is 492 cm³/mol. The van der Waals surface area contributed by atoms with E-state index in [4.69, 9.17) is 0 Å². The smallest absolute Gasteiger partial charge is 0.147 e. The van der Waals surface area contributed by atoms with Gasteiger partial charge in [-0.15, -0.1) is 0 Å². The Morgan fingerprint density at radius 1 is 0.237 bits per heavy atom. The van der Waals surface area contributed by atoms with E-state index in [1.54, 1.807) is 0 Å². The topological polar surface area (TPSA) is 24.5 Å². The van der Waals surface area contributed by atoms with Crippen LogP contribution in [0.15, 0.2) is 255 Å². The number of hydrogen-bond acceptors (Lipinski definition) is 3. The van der Waals surface area contributed by atoms with Gasteiger partial charge in [-0.2, -0.15) is 0 Å². The molecule has 114 heavy (non-hydrogen) atoms. The van der Waals surface area contributed by atoms with Crippen molar-refractivity contribution in [3.8, 4) is 33.4 Å². The molecule has 6 heterocycles. The number of rotatable bonds is 24. The standard InChI is InChI=1S/C105H108N9/c1-13-16-19-28-61-106-91-64-76(109(73-43-37-70(4)38-44-73)79-49-55-85-82-31-22-25-34-94(82)112(7,8)97(85)67-79)52-58-88(91)100-103(106)101-89-59-53-77(110(74-45-39-71(5)40-46-74)80-50-56-86-83-32-23-26-35-95(83)113(9,10)98(86)68-80)65-92(89)107(62-29-20-17-14-2)105(101)102-90-60-54-78(66-93(90)108(104(100)102)63-30-21-18-15-3)111(75-47-41-72(6)42-48-75)81-51-57-87-84-33-24-27-36-96(84)114(11,12)99(87)69-81/h22-27,31-60,64-69H,13-21,28-30,61-63H2,1-12H3/q+3. The lowest BCUT2D eigenvalue weighted by molar-refractivity contribution is 0.568. The summed E-state index contributed by atoms with van der Waals surface area (Å²) in [5, 5.41) is 7.94. The van der Waals surface area contributed by atoms with Gasteiger partial charge in [0.2, 0.25) is 0 Å². The molecule has 9 nitrogen and oxygen atoms in total. The Balaban J connectivity index is 0.925. The van der Waals surface area contributed by atoms with Crippen LogP contribution in [0.25, 0.3) is 98.8 Å². The molecule has 0 N–H and O–H groups in total. The lowest BCUT2D eigenvalue weighted by atomic mass is 10.0. The largest absolute Gasteiger partial charge is 0.340 e. The van der Waals surface area contributed by atoms with Crippen LogP contribution in [-0.2, 0) is 19.6 Å². The number of unbranched alkanes of at least 4 members (excludes halogenated alkanes) is 9. The summed E-state index contributed by atoms with van der Waals surface area (Å²) in [5.41, 5.74) is 37.6. The summed E-state index contributed by atoms with van der Waals surface area (Å²) in [7, 11) is 14.1. The van der Waals surface area contributed by atoms with Crippen molar-refractivity contribution in [1.82, 2.24) is 27.2 Å². The number of quaternary nitrogens is 3. The second-order valence-corrected chi connectivity index (χ2v) is 34.4. The summed E-state index contributed by atoms with van der Waals surface area (Å²) in [5.74, 6) is 0. The zero-order valence-electron chi connectivity index (χ0n) is 68.9. The van der Waals surface area contributed by atoms with E-state index in [2.05, 4.69) is 367 Å². The van der Waals surface area contributed by atoms with Gasteiger partial charge in [-0.1, -0.05) is 186 Å². The van der Waals surface area contributed by atoms with Crippen molar-refractivity contribution in [3.05, 3.63) is 271 Å². The number of benzene rings is 13. The normalized spacial score (nSPS) is 14.0. The van der Waals surface area contributed by atoms with Crippen LogP contribution in [0.3, 0.4) is 0 Å². The summed E-state index contributed by atoms with van der Waals surface area (Å²) < 4.78 is 10.5. The van der Waals surface area contributed by atoms with Crippen molar-refractivity contribution in [3.63, 3.8) is 0 Å². The maximum Gasteiger partial charge on any atom is 0.147 e. The molecule has 0 spiro atoms. The van der Waals surface area contributed by atoms with Crippen LogP contribution in [0, 0.1) is 20.8 Å². The molecule has 570 valence electrons. The van der Waals surface area contributed by atoms with Crippen LogP contribution in [0.2, 0.25) is 0 Å².